The van der Waals surface area contributed by atoms with Crippen LogP contribution in [0.4, 0.5) is 0 Å². The lowest BCUT2D eigenvalue weighted by Gasteiger charge is -2.19. The van der Waals surface area contributed by atoms with Crippen molar-refractivity contribution < 1.29 is 19.1 Å². The smallest absolute Gasteiger partial charge is 0.223 e. The van der Waals surface area contributed by atoms with Gasteiger partial charge in [0, 0.05) is 54.9 Å². The van der Waals surface area contributed by atoms with Crippen LogP contribution in [0.2, 0.25) is 0 Å². The summed E-state index contributed by atoms with van der Waals surface area (Å²) in [5.41, 5.74) is 2.62. The maximum absolute atomic E-state index is 12.4. The van der Waals surface area contributed by atoms with Crippen LogP contribution in [0.1, 0.15) is 57.1 Å². The predicted molar refractivity (Wildman–Crippen MR) is 114 cm³/mol. The molecule has 0 aliphatic carbocycles. The van der Waals surface area contributed by atoms with Gasteiger partial charge in [-0.1, -0.05) is 0 Å². The number of Topliss-reactive ketones (excluding diaryl/α,β-unsaturated/α-hetero) is 2. The molecule has 2 heterocycles. The van der Waals surface area contributed by atoms with Crippen molar-refractivity contribution in [1.29, 1.82) is 0 Å². The molecule has 0 saturated carbocycles. The number of carbonyl (C=O) groups excluding carboxylic acids is 3. The monoisotopic (exact) mass is 416 g/mol. The normalized spacial score (nSPS) is 10.7. The van der Waals surface area contributed by atoms with Crippen LogP contribution >= 0.6 is 11.3 Å². The molecular formula is C22H28N2O4S. The van der Waals surface area contributed by atoms with Crippen LogP contribution in [0.3, 0.4) is 0 Å². The van der Waals surface area contributed by atoms with E-state index in [4.69, 9.17) is 4.74 Å². The summed E-state index contributed by atoms with van der Waals surface area (Å²) in [6.07, 6.45) is 2.36. The Kier molecular flexibility index (Phi) is 8.08. The second-order valence-electron chi connectivity index (χ2n) is 7.17. The van der Waals surface area contributed by atoms with E-state index in [0.29, 0.717) is 11.4 Å². The summed E-state index contributed by atoms with van der Waals surface area (Å²) in [6, 6.07) is 3.69. The Balaban J connectivity index is 1.81. The van der Waals surface area contributed by atoms with Crippen LogP contribution < -0.4 is 4.74 Å². The summed E-state index contributed by atoms with van der Waals surface area (Å²) >= 11 is 1.44. The van der Waals surface area contributed by atoms with Crippen molar-refractivity contribution >= 4 is 28.8 Å². The van der Waals surface area contributed by atoms with E-state index in [1.807, 2.05) is 26.8 Å². The van der Waals surface area contributed by atoms with Crippen LogP contribution in [-0.2, 0) is 16.1 Å². The fourth-order valence-electron chi connectivity index (χ4n) is 3.07. The first-order valence-corrected chi connectivity index (χ1v) is 10.4. The Morgan fingerprint density at radius 3 is 2.38 bits per heavy atom. The van der Waals surface area contributed by atoms with Gasteiger partial charge in [0.25, 0.3) is 0 Å². The molecule has 0 N–H and O–H groups in total. The number of thiophene rings is 1. The van der Waals surface area contributed by atoms with Gasteiger partial charge in [0.05, 0.1) is 24.2 Å². The maximum atomic E-state index is 12.4. The molecule has 0 atom stereocenters. The van der Waals surface area contributed by atoms with Crippen LogP contribution in [0.5, 0.6) is 5.75 Å². The van der Waals surface area contributed by atoms with E-state index in [9.17, 15) is 14.4 Å². The minimum atomic E-state index is -0.126. The number of hydrogen-bond acceptors (Lipinski definition) is 6. The van der Waals surface area contributed by atoms with E-state index in [1.165, 1.54) is 11.3 Å². The quantitative estimate of drug-likeness (QED) is 0.546. The highest BCUT2D eigenvalue weighted by Crippen LogP contribution is 2.24. The van der Waals surface area contributed by atoms with Crippen LogP contribution in [0, 0.1) is 20.8 Å². The van der Waals surface area contributed by atoms with E-state index in [0.717, 1.165) is 27.4 Å². The third kappa shape index (κ3) is 6.22. The van der Waals surface area contributed by atoms with Crippen LogP contribution in [-0.4, -0.2) is 41.5 Å². The van der Waals surface area contributed by atoms with Crippen molar-refractivity contribution in [2.45, 2.75) is 53.0 Å². The first kappa shape index (κ1) is 22.7. The lowest BCUT2D eigenvalue weighted by molar-refractivity contribution is -0.132. The van der Waals surface area contributed by atoms with Crippen molar-refractivity contribution in [2.24, 2.45) is 0 Å². The SMILES string of the molecule is COc1c(C)cnc(CN(C)C(=O)CCC(=O)CCC(=O)c2ccc(C)s2)c1C. The van der Waals surface area contributed by atoms with Gasteiger partial charge >= 0.3 is 0 Å². The summed E-state index contributed by atoms with van der Waals surface area (Å²) in [5, 5.41) is 0. The number of hydrogen-bond donors (Lipinski definition) is 0. The standard InChI is InChI=1S/C22H28N2O4S/c1-14-12-23-18(16(3)22(14)28-5)13-24(4)21(27)11-8-17(25)7-9-19(26)20-10-6-15(2)29-20/h6,10,12H,7-9,11,13H2,1-5H3. The van der Waals surface area contributed by atoms with Gasteiger partial charge in [-0.25, -0.2) is 0 Å². The van der Waals surface area contributed by atoms with Gasteiger partial charge in [-0.05, 0) is 32.9 Å². The highest BCUT2D eigenvalue weighted by Gasteiger charge is 2.17. The molecule has 156 valence electrons. The first-order valence-electron chi connectivity index (χ1n) is 9.57. The number of aromatic nitrogens is 1. The van der Waals surface area contributed by atoms with E-state index in [2.05, 4.69) is 4.98 Å². The van der Waals surface area contributed by atoms with Crippen molar-refractivity contribution in [3.63, 3.8) is 0 Å². The number of methoxy groups -OCH3 is 1. The molecule has 0 fully saturated rings. The molecule has 0 spiro atoms. The number of carbonyl (C=O) groups is 3. The third-order valence-electron chi connectivity index (χ3n) is 4.83. The molecule has 0 aliphatic heterocycles. The minimum Gasteiger partial charge on any atom is -0.496 e. The zero-order chi connectivity index (χ0) is 21.6. The molecule has 6 nitrogen and oxygen atoms in total. The molecule has 0 unspecified atom stereocenters. The molecule has 7 heteroatoms. The molecule has 2 rings (SSSR count). The number of amides is 1. The number of ether oxygens (including phenoxy) is 1. The molecule has 0 bridgehead atoms. The summed E-state index contributed by atoms with van der Waals surface area (Å²) in [5.74, 6) is 0.561. The zero-order valence-corrected chi connectivity index (χ0v) is 18.5. The van der Waals surface area contributed by atoms with Crippen molar-refractivity contribution in [1.82, 2.24) is 9.88 Å². The number of aryl methyl sites for hydroxylation is 2. The van der Waals surface area contributed by atoms with E-state index >= 15 is 0 Å². The molecule has 1 amide bonds. The van der Waals surface area contributed by atoms with E-state index in [-0.39, 0.29) is 43.2 Å². The Morgan fingerprint density at radius 1 is 1.07 bits per heavy atom. The molecule has 0 aromatic carbocycles. The molecular weight excluding hydrogens is 388 g/mol. The largest absolute Gasteiger partial charge is 0.496 e. The lowest BCUT2D eigenvalue weighted by atomic mass is 10.1. The van der Waals surface area contributed by atoms with Crippen LogP contribution in [0.15, 0.2) is 18.3 Å². The minimum absolute atomic E-state index is 0.0187. The van der Waals surface area contributed by atoms with Crippen molar-refractivity contribution in [3.05, 3.63) is 44.9 Å². The maximum Gasteiger partial charge on any atom is 0.223 e. The Bertz CT molecular complexity index is 904. The second-order valence-corrected chi connectivity index (χ2v) is 8.46. The highest BCUT2D eigenvalue weighted by molar-refractivity contribution is 7.14. The predicted octanol–water partition coefficient (Wildman–Crippen LogP) is 4.05. The van der Waals surface area contributed by atoms with E-state index in [1.54, 1.807) is 31.3 Å². The number of ketones is 2. The van der Waals surface area contributed by atoms with Gasteiger partial charge in [0.15, 0.2) is 5.78 Å². The van der Waals surface area contributed by atoms with Gasteiger partial charge in [-0.2, -0.15) is 0 Å². The topological polar surface area (TPSA) is 76.6 Å². The Hall–Kier alpha value is -2.54. The first-order chi connectivity index (χ1) is 13.7. The molecule has 0 aliphatic rings. The fourth-order valence-corrected chi connectivity index (χ4v) is 3.90. The zero-order valence-electron chi connectivity index (χ0n) is 17.7. The third-order valence-corrected chi connectivity index (χ3v) is 5.87. The van der Waals surface area contributed by atoms with Crippen molar-refractivity contribution in [3.8, 4) is 5.75 Å². The fraction of sp³-hybridized carbons (Fsp3) is 0.455. The summed E-state index contributed by atoms with van der Waals surface area (Å²) in [7, 11) is 3.31. The molecule has 2 aromatic heterocycles. The summed E-state index contributed by atoms with van der Waals surface area (Å²) < 4.78 is 5.40. The van der Waals surface area contributed by atoms with Gasteiger partial charge in [-0.3, -0.25) is 19.4 Å². The average molecular weight is 417 g/mol. The summed E-state index contributed by atoms with van der Waals surface area (Å²) in [6.45, 7) is 6.14. The Labute approximate surface area is 175 Å². The molecule has 0 radical (unpaired) electrons. The molecule has 2 aromatic rings. The van der Waals surface area contributed by atoms with Gasteiger partial charge in [0.2, 0.25) is 5.91 Å². The molecule has 29 heavy (non-hydrogen) atoms. The lowest BCUT2D eigenvalue weighted by Crippen LogP contribution is -2.27. The van der Waals surface area contributed by atoms with E-state index < -0.39 is 0 Å². The summed E-state index contributed by atoms with van der Waals surface area (Å²) in [4.78, 5) is 44.3. The van der Waals surface area contributed by atoms with Gasteiger partial charge < -0.3 is 9.64 Å². The number of rotatable bonds is 10. The highest BCUT2D eigenvalue weighted by atomic mass is 32.1. The Morgan fingerprint density at radius 2 is 1.76 bits per heavy atom. The second kappa shape index (κ2) is 10.3. The molecule has 0 saturated heterocycles. The van der Waals surface area contributed by atoms with Gasteiger partial charge in [-0.15, -0.1) is 11.3 Å². The van der Waals surface area contributed by atoms with Crippen LogP contribution in [0.25, 0.3) is 0 Å². The van der Waals surface area contributed by atoms with Crippen molar-refractivity contribution in [2.75, 3.05) is 14.2 Å². The van der Waals surface area contributed by atoms with Gasteiger partial charge in [0.1, 0.15) is 11.5 Å². The average Bonchev–Trinajstić information content (AvgIpc) is 3.13. The number of pyridine rings is 1. The number of nitrogens with zero attached hydrogens (tertiary/aromatic N) is 2.